The van der Waals surface area contributed by atoms with Crippen molar-refractivity contribution in [1.29, 1.82) is 0 Å². The van der Waals surface area contributed by atoms with E-state index in [9.17, 15) is 28.9 Å². The minimum Gasteiger partial charge on any atom is -0.462 e. The molecule has 0 bridgehead atoms. The second-order valence-electron chi connectivity index (χ2n) is 17.3. The maximum Gasteiger partial charge on any atom is 0.472 e. The first kappa shape index (κ1) is 67.6. The van der Waals surface area contributed by atoms with E-state index in [4.69, 9.17) is 23.3 Å². The molecule has 0 aromatic carbocycles. The lowest BCUT2D eigenvalue weighted by molar-refractivity contribution is -0.161. The monoisotopic (exact) mass is 1020 g/mol. The second kappa shape index (κ2) is 52.9. The van der Waals surface area contributed by atoms with Crippen molar-refractivity contribution >= 4 is 25.7 Å². The van der Waals surface area contributed by atoms with Crippen molar-refractivity contribution in [3.05, 3.63) is 134 Å². The summed E-state index contributed by atoms with van der Waals surface area (Å²) < 4.78 is 39.2. The Bertz CT molecular complexity index is 1710. The second-order valence-corrected chi connectivity index (χ2v) is 18.7. The molecule has 0 radical (unpaired) electrons. The summed E-state index contributed by atoms with van der Waals surface area (Å²) in [7, 11) is -4.79. The number of ether oxygens (including phenoxy) is 3. The fourth-order valence-electron chi connectivity index (χ4n) is 6.51. The van der Waals surface area contributed by atoms with Crippen molar-refractivity contribution in [2.75, 3.05) is 26.4 Å². The summed E-state index contributed by atoms with van der Waals surface area (Å²) in [5.74, 6) is -1.69. The third kappa shape index (κ3) is 50.6. The fourth-order valence-corrected chi connectivity index (χ4v) is 7.29. The molecule has 0 amide bonds. The predicted octanol–water partition coefficient (Wildman–Crippen LogP) is 15.8. The van der Waals surface area contributed by atoms with Crippen LogP contribution in [0.1, 0.15) is 188 Å². The summed E-state index contributed by atoms with van der Waals surface area (Å²) in [6.07, 6.45) is 66.0. The summed E-state index contributed by atoms with van der Waals surface area (Å²) in [6, 6.07) is 0. The van der Waals surface area contributed by atoms with Gasteiger partial charge < -0.3 is 24.2 Å². The lowest BCUT2D eigenvalue weighted by Crippen LogP contribution is -2.30. The summed E-state index contributed by atoms with van der Waals surface area (Å²) >= 11 is 0. The topological polar surface area (TPSA) is 155 Å². The Morgan fingerprint density at radius 3 is 1.19 bits per heavy atom. The molecule has 11 nitrogen and oxygen atoms in total. The average Bonchev–Trinajstić information content (AvgIpc) is 3.37. The van der Waals surface area contributed by atoms with Crippen LogP contribution >= 0.6 is 7.82 Å². The van der Waals surface area contributed by atoms with Gasteiger partial charge in [0.1, 0.15) is 12.7 Å². The molecule has 0 rings (SSSR count). The van der Waals surface area contributed by atoms with Gasteiger partial charge in [-0.25, -0.2) is 4.57 Å². The van der Waals surface area contributed by atoms with Crippen molar-refractivity contribution < 1.29 is 52.2 Å². The van der Waals surface area contributed by atoms with E-state index in [-0.39, 0.29) is 19.3 Å². The van der Waals surface area contributed by atoms with Gasteiger partial charge in [0.05, 0.1) is 19.8 Å². The van der Waals surface area contributed by atoms with E-state index in [1.165, 1.54) is 25.7 Å². The van der Waals surface area contributed by atoms with Crippen LogP contribution in [-0.2, 0) is 42.2 Å². The number of aliphatic hydroxyl groups is 1. The SMILES string of the molecule is CC/C=C\C/C=C\C/C=C\C/C=C\C/C=C\C/C=C\CCC(=O)OCC(COP(=O)(O)OCC(CO)OC(=O)CCCCCCC/C=C\CCCCCC)OC(=O)CC/C=C\C/C=C\C/C=C\C/C=C\CC. The number of phosphoric acid groups is 1. The molecule has 406 valence electrons. The number of esters is 3. The molecule has 0 fully saturated rings. The van der Waals surface area contributed by atoms with Crippen LogP contribution in [0.5, 0.6) is 0 Å². The molecule has 0 aliphatic carbocycles. The van der Waals surface area contributed by atoms with Gasteiger partial charge in [0.15, 0.2) is 6.10 Å². The molecule has 0 saturated carbocycles. The van der Waals surface area contributed by atoms with E-state index in [1.54, 1.807) is 0 Å². The number of hydrogen-bond donors (Lipinski definition) is 2. The van der Waals surface area contributed by atoms with Gasteiger partial charge in [-0.2, -0.15) is 0 Å². The minimum absolute atomic E-state index is 0.0229. The number of aliphatic hydroxyl groups excluding tert-OH is 1. The quantitative estimate of drug-likeness (QED) is 0.0197. The van der Waals surface area contributed by atoms with Gasteiger partial charge in [0.25, 0.3) is 0 Å². The molecule has 0 saturated heterocycles. The molecular formula is C60H95O11P. The summed E-state index contributed by atoms with van der Waals surface area (Å²) in [5, 5.41) is 9.78. The summed E-state index contributed by atoms with van der Waals surface area (Å²) in [4.78, 5) is 48.3. The smallest absolute Gasteiger partial charge is 0.462 e. The fraction of sp³-hybridized carbons (Fsp3) is 0.583. The van der Waals surface area contributed by atoms with Gasteiger partial charge in [-0.3, -0.25) is 23.4 Å². The van der Waals surface area contributed by atoms with Gasteiger partial charge in [-0.05, 0) is 109 Å². The van der Waals surface area contributed by atoms with Crippen LogP contribution in [0.4, 0.5) is 0 Å². The summed E-state index contributed by atoms with van der Waals surface area (Å²) in [6.45, 7) is 4.18. The molecular weight excluding hydrogens is 928 g/mol. The molecule has 0 spiro atoms. The maximum atomic E-state index is 12.9. The van der Waals surface area contributed by atoms with Gasteiger partial charge in [-0.1, -0.05) is 193 Å². The number of rotatable bonds is 48. The first-order valence-electron chi connectivity index (χ1n) is 27.1. The largest absolute Gasteiger partial charge is 0.472 e. The van der Waals surface area contributed by atoms with Crippen molar-refractivity contribution in [2.24, 2.45) is 0 Å². The minimum atomic E-state index is -4.79. The Balaban J connectivity index is 4.93. The zero-order valence-electron chi connectivity index (χ0n) is 44.6. The number of unbranched alkanes of at least 4 members (excludes halogenated alkanes) is 9. The van der Waals surface area contributed by atoms with E-state index in [2.05, 4.69) is 124 Å². The molecule has 3 unspecified atom stereocenters. The molecule has 3 atom stereocenters. The first-order chi connectivity index (χ1) is 35.2. The predicted molar refractivity (Wildman–Crippen MR) is 297 cm³/mol. The Morgan fingerprint density at radius 1 is 0.403 bits per heavy atom. The molecule has 72 heavy (non-hydrogen) atoms. The van der Waals surface area contributed by atoms with Crippen LogP contribution in [0.2, 0.25) is 0 Å². The molecule has 0 aromatic heterocycles. The zero-order chi connectivity index (χ0) is 52.7. The van der Waals surface area contributed by atoms with E-state index >= 15 is 0 Å². The van der Waals surface area contributed by atoms with E-state index in [0.29, 0.717) is 25.7 Å². The molecule has 0 aliphatic heterocycles. The van der Waals surface area contributed by atoms with E-state index in [1.807, 2.05) is 30.4 Å². The lowest BCUT2D eigenvalue weighted by atomic mass is 10.1. The molecule has 0 aliphatic rings. The van der Waals surface area contributed by atoms with Crippen LogP contribution in [-0.4, -0.2) is 66.5 Å². The number of hydrogen-bond acceptors (Lipinski definition) is 10. The Morgan fingerprint density at radius 2 is 0.750 bits per heavy atom. The standard InChI is InChI=1S/C60H95O11P/c1-4-7-10-13-16-19-22-25-26-27-28-29-30-33-34-37-40-43-46-49-58(62)67-53-57(71-60(64)51-48-45-42-39-36-32-24-21-18-15-12-9-6-3)55-69-72(65,66)68-54-56(52-61)70-59(63)50-47-44-41-38-35-31-23-20-17-14-11-8-5-2/h7,9-10,12,16,18-21,23,25-26,28-29,32-34,36,40,42-43,45,56-57,61H,4-6,8,11,13-15,17,22,24,27,30-31,35,37-39,41,44,46-55H2,1-3H3,(H,65,66)/b10-7-,12-9-,19-16-,21-18-,23-20-,26-25-,29-28-,34-33-,36-32-,43-40-,45-42-. The van der Waals surface area contributed by atoms with Gasteiger partial charge in [0, 0.05) is 19.3 Å². The molecule has 12 heteroatoms. The molecule has 0 heterocycles. The average molecular weight is 1020 g/mol. The Labute approximate surface area is 436 Å². The number of carbonyl (C=O) groups excluding carboxylic acids is 3. The Hall–Kier alpha value is -4.38. The van der Waals surface area contributed by atoms with Crippen molar-refractivity contribution in [3.63, 3.8) is 0 Å². The van der Waals surface area contributed by atoms with Crippen LogP contribution in [0.25, 0.3) is 0 Å². The normalized spacial score (nSPS) is 14.5. The third-order valence-electron chi connectivity index (χ3n) is 10.6. The highest BCUT2D eigenvalue weighted by atomic mass is 31.2. The highest BCUT2D eigenvalue weighted by Gasteiger charge is 2.28. The Kier molecular flexibility index (Phi) is 49.7. The van der Waals surface area contributed by atoms with Crippen LogP contribution in [0.3, 0.4) is 0 Å². The summed E-state index contributed by atoms with van der Waals surface area (Å²) in [5.41, 5.74) is 0. The van der Waals surface area contributed by atoms with Crippen LogP contribution in [0.15, 0.2) is 134 Å². The van der Waals surface area contributed by atoms with Crippen LogP contribution < -0.4 is 0 Å². The lowest BCUT2D eigenvalue weighted by Gasteiger charge is -2.21. The van der Waals surface area contributed by atoms with Gasteiger partial charge >= 0.3 is 25.7 Å². The zero-order valence-corrected chi connectivity index (χ0v) is 45.5. The number of allylic oxidation sites excluding steroid dienone is 22. The highest BCUT2D eigenvalue weighted by Crippen LogP contribution is 2.43. The van der Waals surface area contributed by atoms with E-state index < -0.39 is 64.4 Å². The first-order valence-corrected chi connectivity index (χ1v) is 28.6. The highest BCUT2D eigenvalue weighted by molar-refractivity contribution is 7.47. The third-order valence-corrected chi connectivity index (χ3v) is 11.5. The van der Waals surface area contributed by atoms with Crippen LogP contribution in [0, 0.1) is 0 Å². The van der Waals surface area contributed by atoms with Gasteiger partial charge in [-0.15, -0.1) is 0 Å². The maximum absolute atomic E-state index is 12.9. The van der Waals surface area contributed by atoms with Crippen molar-refractivity contribution in [1.82, 2.24) is 0 Å². The molecule has 2 N–H and O–H groups in total. The number of phosphoric ester groups is 1. The van der Waals surface area contributed by atoms with E-state index in [0.717, 1.165) is 96.3 Å². The number of carbonyl (C=O) groups is 3. The van der Waals surface area contributed by atoms with Gasteiger partial charge in [0.2, 0.25) is 0 Å². The van der Waals surface area contributed by atoms with Crippen molar-refractivity contribution in [3.8, 4) is 0 Å². The molecule has 0 aromatic rings. The van der Waals surface area contributed by atoms with Crippen molar-refractivity contribution in [2.45, 2.75) is 200 Å².